The largest absolute Gasteiger partial charge is 0.416 e. The van der Waals surface area contributed by atoms with Crippen LogP contribution in [0.5, 0.6) is 0 Å². The fourth-order valence-electron chi connectivity index (χ4n) is 2.70. The first-order valence-corrected chi connectivity index (χ1v) is 10.2. The number of amides is 1. The quantitative estimate of drug-likeness (QED) is 0.420. The Labute approximate surface area is 187 Å². The Balaban J connectivity index is 1.52. The molecule has 1 N–H and O–H groups in total. The predicted molar refractivity (Wildman–Crippen MR) is 110 cm³/mol. The van der Waals surface area contributed by atoms with Gasteiger partial charge < -0.3 is 5.32 Å². The smallest absolute Gasteiger partial charge is 0.323 e. The SMILES string of the molecule is O=C(CSc1nnnn1-c1cccc(Cl)c1)Nc1cc(C(F)(F)F)ccc1-n1cncn1. The first kappa shape index (κ1) is 21.8. The molecule has 0 aliphatic rings. The lowest BCUT2D eigenvalue weighted by Gasteiger charge is -2.14. The van der Waals surface area contributed by atoms with Crippen LogP contribution in [0.4, 0.5) is 18.9 Å². The van der Waals surface area contributed by atoms with Gasteiger partial charge in [0, 0.05) is 5.02 Å². The summed E-state index contributed by atoms with van der Waals surface area (Å²) in [4.78, 5) is 16.3. The molecule has 0 radical (unpaired) electrons. The van der Waals surface area contributed by atoms with Crippen LogP contribution in [0.2, 0.25) is 5.02 Å². The zero-order chi connectivity index (χ0) is 22.7. The first-order valence-electron chi connectivity index (χ1n) is 8.84. The summed E-state index contributed by atoms with van der Waals surface area (Å²) >= 11 is 7.00. The third-order valence-corrected chi connectivity index (χ3v) is 5.24. The van der Waals surface area contributed by atoms with Gasteiger partial charge in [-0.2, -0.15) is 23.0 Å². The number of carbonyl (C=O) groups is 1. The molecule has 0 atom stereocenters. The van der Waals surface area contributed by atoms with E-state index in [1.165, 1.54) is 28.1 Å². The van der Waals surface area contributed by atoms with E-state index in [0.29, 0.717) is 15.9 Å². The van der Waals surface area contributed by atoms with E-state index in [1.54, 1.807) is 24.3 Å². The number of rotatable bonds is 6. The Hall–Kier alpha value is -3.45. The predicted octanol–water partition coefficient (Wildman–Crippen LogP) is 3.65. The maximum Gasteiger partial charge on any atom is 0.416 e. The third-order valence-electron chi connectivity index (χ3n) is 4.09. The second kappa shape index (κ2) is 8.96. The number of nitrogens with one attached hydrogen (secondary N) is 1. The summed E-state index contributed by atoms with van der Waals surface area (Å²) in [6.07, 6.45) is -2.03. The maximum absolute atomic E-state index is 13.2. The molecule has 164 valence electrons. The minimum atomic E-state index is -4.58. The number of carbonyl (C=O) groups excluding carboxylic acids is 1. The second-order valence-corrected chi connectivity index (χ2v) is 7.64. The van der Waals surface area contributed by atoms with Crippen molar-refractivity contribution < 1.29 is 18.0 Å². The Kier molecular flexibility index (Phi) is 6.10. The van der Waals surface area contributed by atoms with Crippen LogP contribution in [-0.2, 0) is 11.0 Å². The van der Waals surface area contributed by atoms with Crippen molar-refractivity contribution in [2.75, 3.05) is 11.1 Å². The number of tetrazole rings is 1. The summed E-state index contributed by atoms with van der Waals surface area (Å²) in [5.74, 6) is -0.718. The van der Waals surface area contributed by atoms with Crippen LogP contribution in [-0.4, -0.2) is 46.6 Å². The molecule has 9 nitrogen and oxygen atoms in total. The zero-order valence-corrected chi connectivity index (χ0v) is 17.4. The molecule has 4 rings (SSSR count). The van der Waals surface area contributed by atoms with Crippen LogP contribution < -0.4 is 5.32 Å². The molecule has 2 aromatic heterocycles. The molecule has 2 aromatic carbocycles. The fourth-order valence-corrected chi connectivity index (χ4v) is 3.58. The lowest BCUT2D eigenvalue weighted by molar-refractivity contribution is -0.137. The Morgan fingerprint density at radius 2 is 2.03 bits per heavy atom. The number of aromatic nitrogens is 7. The lowest BCUT2D eigenvalue weighted by atomic mass is 10.1. The van der Waals surface area contributed by atoms with Crippen molar-refractivity contribution in [3.63, 3.8) is 0 Å². The van der Waals surface area contributed by atoms with Crippen LogP contribution in [0, 0.1) is 0 Å². The van der Waals surface area contributed by atoms with Crippen molar-refractivity contribution in [2.45, 2.75) is 11.3 Å². The molecule has 1 amide bonds. The Morgan fingerprint density at radius 3 is 2.75 bits per heavy atom. The highest BCUT2D eigenvalue weighted by atomic mass is 35.5. The van der Waals surface area contributed by atoms with Crippen molar-refractivity contribution in [3.8, 4) is 11.4 Å². The van der Waals surface area contributed by atoms with E-state index in [1.807, 2.05) is 0 Å². The molecule has 0 fully saturated rings. The van der Waals surface area contributed by atoms with Crippen molar-refractivity contribution >= 4 is 35.0 Å². The summed E-state index contributed by atoms with van der Waals surface area (Å²) in [6.45, 7) is 0. The zero-order valence-electron chi connectivity index (χ0n) is 15.9. The van der Waals surface area contributed by atoms with E-state index in [0.717, 1.165) is 23.9 Å². The minimum Gasteiger partial charge on any atom is -0.323 e. The molecule has 0 bridgehead atoms. The average Bonchev–Trinajstić information content (AvgIpc) is 3.44. The van der Waals surface area contributed by atoms with Gasteiger partial charge in [-0.25, -0.2) is 9.67 Å². The van der Waals surface area contributed by atoms with Crippen molar-refractivity contribution in [3.05, 3.63) is 65.7 Å². The highest BCUT2D eigenvalue weighted by Crippen LogP contribution is 2.33. The number of halogens is 4. The van der Waals surface area contributed by atoms with Crippen LogP contribution in [0.25, 0.3) is 11.4 Å². The van der Waals surface area contributed by atoms with Gasteiger partial charge in [0.25, 0.3) is 0 Å². The molecule has 4 aromatic rings. The van der Waals surface area contributed by atoms with Crippen LogP contribution in [0.1, 0.15) is 5.56 Å². The van der Waals surface area contributed by atoms with Crippen LogP contribution in [0.15, 0.2) is 60.3 Å². The van der Waals surface area contributed by atoms with Gasteiger partial charge in [0.05, 0.1) is 28.4 Å². The number of alkyl halides is 3. The van der Waals surface area contributed by atoms with E-state index in [9.17, 15) is 18.0 Å². The maximum atomic E-state index is 13.2. The molecule has 0 saturated carbocycles. The van der Waals surface area contributed by atoms with E-state index in [4.69, 9.17) is 11.6 Å². The molecule has 14 heteroatoms. The molecule has 0 unspecified atom stereocenters. The van der Waals surface area contributed by atoms with Gasteiger partial charge in [-0.1, -0.05) is 29.4 Å². The normalized spacial score (nSPS) is 11.5. The first-order chi connectivity index (χ1) is 15.3. The van der Waals surface area contributed by atoms with Gasteiger partial charge in [-0.3, -0.25) is 4.79 Å². The van der Waals surface area contributed by atoms with Crippen LogP contribution in [0.3, 0.4) is 0 Å². The van der Waals surface area contributed by atoms with Gasteiger partial charge in [-0.05, 0) is 46.8 Å². The van der Waals surface area contributed by atoms with Gasteiger partial charge in [0.2, 0.25) is 11.1 Å². The van der Waals surface area contributed by atoms with Gasteiger partial charge in [0.15, 0.2) is 0 Å². The fraction of sp³-hybridized carbons (Fsp3) is 0.111. The summed E-state index contributed by atoms with van der Waals surface area (Å²) in [5, 5.41) is 18.6. The molecule has 2 heterocycles. The molecular weight excluding hydrogens is 469 g/mol. The highest BCUT2D eigenvalue weighted by Gasteiger charge is 2.31. The third kappa shape index (κ3) is 4.89. The average molecular weight is 481 g/mol. The number of hydrogen-bond acceptors (Lipinski definition) is 7. The van der Waals surface area contributed by atoms with E-state index >= 15 is 0 Å². The highest BCUT2D eigenvalue weighted by molar-refractivity contribution is 7.99. The standard InChI is InChI=1S/C18H12ClF3N8OS/c19-12-2-1-3-13(7-12)30-17(26-27-28-30)32-8-16(31)25-14-6-11(18(20,21)22)4-5-15(14)29-10-23-9-24-29/h1-7,9-10H,8H2,(H,25,31). The summed E-state index contributed by atoms with van der Waals surface area (Å²) in [6, 6.07) is 9.75. The summed E-state index contributed by atoms with van der Waals surface area (Å²) in [5.41, 5.74) is -0.144. The number of benzene rings is 2. The Morgan fingerprint density at radius 1 is 1.19 bits per heavy atom. The molecule has 0 saturated heterocycles. The van der Waals surface area contributed by atoms with Crippen molar-refractivity contribution in [1.29, 1.82) is 0 Å². The van der Waals surface area contributed by atoms with Gasteiger partial charge in [-0.15, -0.1) is 5.10 Å². The van der Waals surface area contributed by atoms with E-state index < -0.39 is 17.6 Å². The molecule has 0 spiro atoms. The number of thioether (sulfide) groups is 1. The molecular formula is C18H12ClF3N8OS. The molecule has 0 aliphatic heterocycles. The Bertz CT molecular complexity index is 1250. The van der Waals surface area contributed by atoms with Crippen molar-refractivity contribution in [1.82, 2.24) is 35.0 Å². The van der Waals surface area contributed by atoms with Crippen LogP contribution >= 0.6 is 23.4 Å². The lowest BCUT2D eigenvalue weighted by Crippen LogP contribution is -2.17. The monoisotopic (exact) mass is 480 g/mol. The van der Waals surface area contributed by atoms with Crippen molar-refractivity contribution in [2.24, 2.45) is 0 Å². The van der Waals surface area contributed by atoms with E-state index in [2.05, 4.69) is 30.9 Å². The van der Waals surface area contributed by atoms with Gasteiger partial charge in [0.1, 0.15) is 12.7 Å². The van der Waals surface area contributed by atoms with E-state index in [-0.39, 0.29) is 17.1 Å². The van der Waals surface area contributed by atoms with Gasteiger partial charge >= 0.3 is 6.18 Å². The number of anilines is 1. The number of nitrogens with zero attached hydrogens (tertiary/aromatic N) is 7. The molecule has 32 heavy (non-hydrogen) atoms. The molecule has 0 aliphatic carbocycles. The topological polar surface area (TPSA) is 103 Å². The minimum absolute atomic E-state index is 0.0645. The number of hydrogen-bond donors (Lipinski definition) is 1. The second-order valence-electron chi connectivity index (χ2n) is 6.26. The summed E-state index contributed by atoms with van der Waals surface area (Å²) in [7, 11) is 0. The summed E-state index contributed by atoms with van der Waals surface area (Å²) < 4.78 is 42.1.